The molecule has 0 fully saturated rings. The van der Waals surface area contributed by atoms with Crippen molar-refractivity contribution >= 4 is 11.7 Å². The zero-order chi connectivity index (χ0) is 15.9. The third kappa shape index (κ3) is 7.55. The molecule has 4 N–H and O–H groups in total. The molecule has 0 heterocycles. The summed E-state index contributed by atoms with van der Waals surface area (Å²) in [6.45, 7) is 2.46. The van der Waals surface area contributed by atoms with E-state index in [1.165, 1.54) is 0 Å². The lowest BCUT2D eigenvalue weighted by molar-refractivity contribution is -0.135. The molecule has 0 aromatic heterocycles. The van der Waals surface area contributed by atoms with Crippen LogP contribution in [0.1, 0.15) is 37.8 Å². The van der Waals surface area contributed by atoms with Crippen LogP contribution in [0.2, 0.25) is 0 Å². The molecule has 0 bridgehead atoms. The van der Waals surface area contributed by atoms with Crippen molar-refractivity contribution in [2.75, 3.05) is 11.9 Å². The molecule has 7 heteroatoms. The monoisotopic (exact) mass is 303 g/mol. The zero-order valence-electron chi connectivity index (χ0n) is 11.8. The zero-order valence-corrected chi connectivity index (χ0v) is 11.8. The molecule has 0 aliphatic rings. The van der Waals surface area contributed by atoms with E-state index >= 15 is 0 Å². The number of rotatable bonds is 7. The number of nitrogens with two attached hydrogens (primary N) is 1. The van der Waals surface area contributed by atoms with E-state index in [2.05, 4.69) is 10.6 Å². The van der Waals surface area contributed by atoms with Crippen LogP contribution in [0.4, 0.5) is 23.7 Å². The predicted octanol–water partition coefficient (Wildman–Crippen LogP) is 3.56. The molecule has 21 heavy (non-hydrogen) atoms. The number of nitrogens with one attached hydrogen (secondary N) is 2. The normalized spacial score (nSPS) is 13.0. The van der Waals surface area contributed by atoms with Gasteiger partial charge in [-0.2, -0.15) is 13.2 Å². The maximum Gasteiger partial charge on any atom is 0.389 e. The lowest BCUT2D eigenvalue weighted by Gasteiger charge is -2.15. The third-order valence-corrected chi connectivity index (χ3v) is 3.02. The number of anilines is 1. The Kier molecular flexibility index (Phi) is 6.48. The van der Waals surface area contributed by atoms with Gasteiger partial charge in [-0.1, -0.05) is 12.1 Å². The molecule has 1 aromatic rings. The molecule has 0 aliphatic heterocycles. The van der Waals surface area contributed by atoms with Crippen LogP contribution in [0, 0.1) is 0 Å². The summed E-state index contributed by atoms with van der Waals surface area (Å²) in [6, 6.07) is 6.51. The number of urea groups is 1. The summed E-state index contributed by atoms with van der Waals surface area (Å²) in [5.41, 5.74) is 6.59. The number of primary amides is 1. The summed E-state index contributed by atoms with van der Waals surface area (Å²) >= 11 is 0. The van der Waals surface area contributed by atoms with E-state index in [1.807, 2.05) is 19.1 Å². The van der Waals surface area contributed by atoms with Gasteiger partial charge in [-0.05, 0) is 44.0 Å². The summed E-state index contributed by atoms with van der Waals surface area (Å²) < 4.78 is 35.9. The van der Waals surface area contributed by atoms with Crippen LogP contribution in [-0.2, 0) is 0 Å². The van der Waals surface area contributed by atoms with Crippen molar-refractivity contribution in [1.29, 1.82) is 0 Å². The van der Waals surface area contributed by atoms with E-state index in [4.69, 9.17) is 5.73 Å². The van der Waals surface area contributed by atoms with Gasteiger partial charge in [0.25, 0.3) is 0 Å². The number of halogens is 3. The Balaban J connectivity index is 2.31. The van der Waals surface area contributed by atoms with Crippen molar-refractivity contribution < 1.29 is 18.0 Å². The molecule has 1 aromatic carbocycles. The maximum absolute atomic E-state index is 12.0. The maximum atomic E-state index is 12.0. The molecule has 0 saturated carbocycles. The second-order valence-electron chi connectivity index (χ2n) is 4.86. The molecule has 0 radical (unpaired) electrons. The van der Waals surface area contributed by atoms with Gasteiger partial charge >= 0.3 is 12.2 Å². The standard InChI is InChI=1S/C14H20F3N3O/c1-10(19-9-3-2-8-14(15,16)17)11-4-6-12(7-5-11)20-13(18)21/h4-7,10,19H,2-3,8-9H2,1H3,(H3,18,20,21). The van der Waals surface area contributed by atoms with E-state index in [-0.39, 0.29) is 12.5 Å². The van der Waals surface area contributed by atoms with E-state index < -0.39 is 18.6 Å². The second-order valence-corrected chi connectivity index (χ2v) is 4.86. The van der Waals surface area contributed by atoms with Crippen LogP contribution >= 0.6 is 0 Å². The molecule has 2 amide bonds. The highest BCUT2D eigenvalue weighted by Gasteiger charge is 2.25. The summed E-state index contributed by atoms with van der Waals surface area (Å²) in [4.78, 5) is 10.7. The first-order valence-electron chi connectivity index (χ1n) is 6.74. The van der Waals surface area contributed by atoms with E-state index in [1.54, 1.807) is 12.1 Å². The Bertz CT molecular complexity index is 446. The molecule has 1 rings (SSSR count). The Hall–Kier alpha value is -1.76. The quantitative estimate of drug-likeness (QED) is 0.674. The highest BCUT2D eigenvalue weighted by Crippen LogP contribution is 2.22. The third-order valence-electron chi connectivity index (χ3n) is 3.02. The van der Waals surface area contributed by atoms with Gasteiger partial charge in [-0.15, -0.1) is 0 Å². The lowest BCUT2D eigenvalue weighted by atomic mass is 10.1. The van der Waals surface area contributed by atoms with Crippen LogP contribution in [0.25, 0.3) is 0 Å². The van der Waals surface area contributed by atoms with Crippen molar-refractivity contribution in [2.24, 2.45) is 5.73 Å². The molecular weight excluding hydrogens is 283 g/mol. The van der Waals surface area contributed by atoms with E-state index in [9.17, 15) is 18.0 Å². The molecular formula is C14H20F3N3O. The second kappa shape index (κ2) is 7.87. The summed E-state index contributed by atoms with van der Waals surface area (Å²) in [7, 11) is 0. The summed E-state index contributed by atoms with van der Waals surface area (Å²) in [6.07, 6.45) is -4.21. The van der Waals surface area contributed by atoms with Gasteiger partial charge in [0, 0.05) is 18.2 Å². The fourth-order valence-electron chi connectivity index (χ4n) is 1.88. The van der Waals surface area contributed by atoms with E-state index in [0.717, 1.165) is 5.56 Å². The number of hydrogen-bond donors (Lipinski definition) is 3. The van der Waals surface area contributed by atoms with Crippen LogP contribution in [0.5, 0.6) is 0 Å². The Morgan fingerprint density at radius 3 is 2.38 bits per heavy atom. The van der Waals surface area contributed by atoms with Gasteiger partial charge in [0.05, 0.1) is 0 Å². The molecule has 4 nitrogen and oxygen atoms in total. The van der Waals surface area contributed by atoms with Gasteiger partial charge in [-0.3, -0.25) is 0 Å². The highest BCUT2D eigenvalue weighted by molar-refractivity contribution is 5.87. The number of hydrogen-bond acceptors (Lipinski definition) is 2. The number of unbranched alkanes of at least 4 members (excludes halogenated alkanes) is 1. The molecule has 0 saturated heterocycles. The Morgan fingerprint density at radius 2 is 1.86 bits per heavy atom. The van der Waals surface area contributed by atoms with Crippen LogP contribution in [0.3, 0.4) is 0 Å². The SMILES string of the molecule is CC(NCCCCC(F)(F)F)c1ccc(NC(N)=O)cc1. The first-order valence-corrected chi connectivity index (χ1v) is 6.74. The number of carbonyl (C=O) groups is 1. The highest BCUT2D eigenvalue weighted by atomic mass is 19.4. The van der Waals surface area contributed by atoms with Crippen molar-refractivity contribution in [3.05, 3.63) is 29.8 Å². The number of alkyl halides is 3. The minimum Gasteiger partial charge on any atom is -0.351 e. The number of carbonyl (C=O) groups excluding carboxylic acids is 1. The van der Waals surface area contributed by atoms with E-state index in [0.29, 0.717) is 18.7 Å². The molecule has 118 valence electrons. The lowest BCUT2D eigenvalue weighted by Crippen LogP contribution is -2.21. The smallest absolute Gasteiger partial charge is 0.351 e. The van der Waals surface area contributed by atoms with Gasteiger partial charge in [-0.25, -0.2) is 4.79 Å². The first kappa shape index (κ1) is 17.3. The van der Waals surface area contributed by atoms with Gasteiger partial charge < -0.3 is 16.4 Å². The average molecular weight is 303 g/mol. The fourth-order valence-corrected chi connectivity index (χ4v) is 1.88. The van der Waals surface area contributed by atoms with Gasteiger partial charge in [0.2, 0.25) is 0 Å². The molecule has 1 atom stereocenters. The summed E-state index contributed by atoms with van der Waals surface area (Å²) in [5, 5.41) is 5.62. The van der Waals surface area contributed by atoms with Crippen LogP contribution < -0.4 is 16.4 Å². The topological polar surface area (TPSA) is 67.2 Å². The van der Waals surface area contributed by atoms with Crippen LogP contribution in [-0.4, -0.2) is 18.8 Å². The molecule has 0 spiro atoms. The fraction of sp³-hybridized carbons (Fsp3) is 0.500. The average Bonchev–Trinajstić information content (AvgIpc) is 2.37. The van der Waals surface area contributed by atoms with Crippen molar-refractivity contribution in [1.82, 2.24) is 5.32 Å². The van der Waals surface area contributed by atoms with Crippen LogP contribution in [0.15, 0.2) is 24.3 Å². The molecule has 1 unspecified atom stereocenters. The largest absolute Gasteiger partial charge is 0.389 e. The van der Waals surface area contributed by atoms with Gasteiger partial charge in [0.15, 0.2) is 0 Å². The minimum absolute atomic E-state index is 0.0264. The molecule has 0 aliphatic carbocycles. The predicted molar refractivity (Wildman–Crippen MR) is 76.0 cm³/mol. The minimum atomic E-state index is -4.07. The van der Waals surface area contributed by atoms with Crippen molar-refractivity contribution in [3.8, 4) is 0 Å². The Morgan fingerprint density at radius 1 is 1.24 bits per heavy atom. The van der Waals surface area contributed by atoms with Crippen molar-refractivity contribution in [3.63, 3.8) is 0 Å². The van der Waals surface area contributed by atoms with Crippen molar-refractivity contribution in [2.45, 2.75) is 38.4 Å². The van der Waals surface area contributed by atoms with Gasteiger partial charge in [0.1, 0.15) is 0 Å². The number of benzene rings is 1. The Labute approximate surface area is 121 Å². The first-order chi connectivity index (χ1) is 9.78. The number of amides is 2. The summed E-state index contributed by atoms with van der Waals surface area (Å²) in [5.74, 6) is 0.